The Morgan fingerprint density at radius 1 is 0.929 bits per heavy atom. The summed E-state index contributed by atoms with van der Waals surface area (Å²) in [4.78, 5) is 47.0. The number of piperidine rings is 1. The summed E-state index contributed by atoms with van der Waals surface area (Å²) in [5.41, 5.74) is 0.344. The van der Waals surface area contributed by atoms with Crippen LogP contribution in [0.25, 0.3) is 10.8 Å². The fourth-order valence-corrected chi connectivity index (χ4v) is 6.52. The second-order valence-corrected chi connectivity index (χ2v) is 13.8. The molecule has 2 aliphatic heterocycles. The number of likely N-dealkylation sites (tertiary alicyclic amines) is 2. The van der Waals surface area contributed by atoms with E-state index < -0.39 is 11.5 Å². The number of carbonyl (C=O) groups excluding carboxylic acids is 3. The highest BCUT2D eigenvalue weighted by atomic mass is 16.2. The van der Waals surface area contributed by atoms with Gasteiger partial charge in [-0.2, -0.15) is 0 Å². The zero-order chi connectivity index (χ0) is 30.6. The van der Waals surface area contributed by atoms with Crippen molar-refractivity contribution >= 4 is 34.2 Å². The number of anilines is 1. The van der Waals surface area contributed by atoms with Crippen LogP contribution in [0.5, 0.6) is 0 Å². The molecule has 230 valence electrons. The molecule has 8 nitrogen and oxygen atoms in total. The van der Waals surface area contributed by atoms with E-state index >= 15 is 0 Å². The highest BCUT2D eigenvalue weighted by Crippen LogP contribution is 2.27. The molecule has 4 rings (SSSR count). The van der Waals surface area contributed by atoms with Gasteiger partial charge in [0.15, 0.2) is 0 Å². The average molecular weight is 578 g/mol. The molecule has 8 heteroatoms. The van der Waals surface area contributed by atoms with E-state index in [1.165, 1.54) is 0 Å². The summed E-state index contributed by atoms with van der Waals surface area (Å²) < 4.78 is 0. The van der Waals surface area contributed by atoms with Crippen LogP contribution in [0.3, 0.4) is 0 Å². The summed E-state index contributed by atoms with van der Waals surface area (Å²) in [6.07, 6.45) is 4.66. The SMILES string of the molecule is CC(C)C(CN1CCC[C@H]1C(=O)Nc1ccc2ccccc2c1)N(C)C(=O)C(NC(=O)[C@H]1CCCCN1C)C(C)(C)C. The minimum Gasteiger partial charge on any atom is -0.342 e. The van der Waals surface area contributed by atoms with Crippen molar-refractivity contribution in [2.45, 2.75) is 90.9 Å². The van der Waals surface area contributed by atoms with Crippen LogP contribution < -0.4 is 10.6 Å². The summed E-state index contributed by atoms with van der Waals surface area (Å²) in [6.45, 7) is 12.6. The van der Waals surface area contributed by atoms with E-state index in [-0.39, 0.29) is 41.8 Å². The zero-order valence-corrected chi connectivity index (χ0v) is 26.7. The van der Waals surface area contributed by atoms with Gasteiger partial charge in [-0.25, -0.2) is 0 Å². The van der Waals surface area contributed by atoms with Crippen molar-refractivity contribution in [3.8, 4) is 0 Å². The smallest absolute Gasteiger partial charge is 0.245 e. The number of hydrogen-bond acceptors (Lipinski definition) is 5. The van der Waals surface area contributed by atoms with E-state index in [0.29, 0.717) is 6.54 Å². The van der Waals surface area contributed by atoms with E-state index in [2.05, 4.69) is 40.3 Å². The van der Waals surface area contributed by atoms with Gasteiger partial charge in [-0.1, -0.05) is 71.4 Å². The van der Waals surface area contributed by atoms with E-state index in [0.717, 1.165) is 61.7 Å². The van der Waals surface area contributed by atoms with Crippen LogP contribution in [0.15, 0.2) is 42.5 Å². The lowest BCUT2D eigenvalue weighted by molar-refractivity contribution is -0.142. The van der Waals surface area contributed by atoms with Crippen LogP contribution >= 0.6 is 0 Å². The van der Waals surface area contributed by atoms with Gasteiger partial charge in [-0.05, 0) is 80.1 Å². The summed E-state index contributed by atoms with van der Waals surface area (Å²) in [7, 11) is 3.84. The molecule has 2 heterocycles. The molecule has 0 bridgehead atoms. The quantitative estimate of drug-likeness (QED) is 0.450. The summed E-state index contributed by atoms with van der Waals surface area (Å²) >= 11 is 0. The molecule has 2 N–H and O–H groups in total. The van der Waals surface area contributed by atoms with Gasteiger partial charge < -0.3 is 15.5 Å². The van der Waals surface area contributed by atoms with E-state index in [9.17, 15) is 14.4 Å². The van der Waals surface area contributed by atoms with E-state index in [1.54, 1.807) is 0 Å². The number of fused-ring (bicyclic) bond motifs is 1. The number of amides is 3. The maximum absolute atomic E-state index is 14.1. The number of carbonyl (C=O) groups is 3. The molecular weight excluding hydrogens is 526 g/mol. The molecule has 3 amide bonds. The fraction of sp³-hybridized carbons (Fsp3) is 0.618. The summed E-state index contributed by atoms with van der Waals surface area (Å²) in [5, 5.41) is 8.52. The minimum absolute atomic E-state index is 0.00398. The molecule has 2 aromatic rings. The van der Waals surface area contributed by atoms with Crippen LogP contribution in [0.2, 0.25) is 0 Å². The molecule has 0 saturated carbocycles. The lowest BCUT2D eigenvalue weighted by Crippen LogP contribution is -2.61. The van der Waals surface area contributed by atoms with Crippen LogP contribution in [-0.2, 0) is 14.4 Å². The fourth-order valence-electron chi connectivity index (χ4n) is 6.52. The first-order valence-corrected chi connectivity index (χ1v) is 15.7. The first kappa shape index (κ1) is 32.0. The Morgan fingerprint density at radius 2 is 1.62 bits per heavy atom. The number of nitrogens with zero attached hydrogens (tertiary/aromatic N) is 3. The third-order valence-corrected chi connectivity index (χ3v) is 9.19. The van der Waals surface area contributed by atoms with Crippen molar-refractivity contribution in [3.63, 3.8) is 0 Å². The zero-order valence-electron chi connectivity index (χ0n) is 26.7. The molecule has 0 aromatic heterocycles. The molecule has 2 unspecified atom stereocenters. The van der Waals surface area contributed by atoms with Crippen molar-refractivity contribution < 1.29 is 14.4 Å². The van der Waals surface area contributed by atoms with Crippen LogP contribution in [-0.4, -0.2) is 90.3 Å². The second-order valence-electron chi connectivity index (χ2n) is 13.8. The highest BCUT2D eigenvalue weighted by molar-refractivity contribution is 5.97. The first-order valence-electron chi connectivity index (χ1n) is 15.7. The summed E-state index contributed by atoms with van der Waals surface area (Å²) in [6, 6.07) is 12.9. The van der Waals surface area contributed by atoms with Gasteiger partial charge in [0.25, 0.3) is 0 Å². The number of nitrogens with one attached hydrogen (secondary N) is 2. The first-order chi connectivity index (χ1) is 19.9. The van der Waals surface area contributed by atoms with Gasteiger partial charge in [0.1, 0.15) is 6.04 Å². The third kappa shape index (κ3) is 7.51. The predicted molar refractivity (Wildman–Crippen MR) is 170 cm³/mol. The van der Waals surface area contributed by atoms with Crippen LogP contribution in [0, 0.1) is 11.3 Å². The molecule has 0 aliphatic carbocycles. The number of benzene rings is 2. The van der Waals surface area contributed by atoms with Crippen molar-refractivity contribution in [1.29, 1.82) is 0 Å². The lowest BCUT2D eigenvalue weighted by atomic mass is 9.84. The van der Waals surface area contributed by atoms with Crippen molar-refractivity contribution in [1.82, 2.24) is 20.0 Å². The van der Waals surface area contributed by atoms with Crippen molar-refractivity contribution in [3.05, 3.63) is 42.5 Å². The Bertz CT molecular complexity index is 1260. The van der Waals surface area contributed by atoms with Gasteiger partial charge in [0.05, 0.1) is 12.1 Å². The Balaban J connectivity index is 1.45. The molecular formula is C34H51N5O3. The topological polar surface area (TPSA) is 85.0 Å². The van der Waals surface area contributed by atoms with Crippen LogP contribution in [0.4, 0.5) is 5.69 Å². The molecule has 42 heavy (non-hydrogen) atoms. The summed E-state index contributed by atoms with van der Waals surface area (Å²) in [5.74, 6) is 0.0227. The normalized spacial score (nSPS) is 21.7. The molecule has 0 spiro atoms. The molecule has 2 saturated heterocycles. The standard InChI is InChI=1S/C34H51N5O3/c1-23(2)29(38(7)33(42)30(34(3,4)5)36-31(40)27-15-10-11-19-37(27)6)22-39-20-12-16-28(39)32(41)35-26-18-17-24-13-8-9-14-25(24)21-26/h8-9,13-14,17-18,21,23,27-30H,10-12,15-16,19-20,22H2,1-7H3,(H,35,41)(H,36,40)/t27-,28+,29?,30?/m1/s1. The molecule has 2 fully saturated rings. The van der Waals surface area contributed by atoms with Crippen LogP contribution in [0.1, 0.15) is 66.7 Å². The average Bonchev–Trinajstić information content (AvgIpc) is 3.42. The number of rotatable bonds is 9. The third-order valence-electron chi connectivity index (χ3n) is 9.19. The molecule has 0 radical (unpaired) electrons. The van der Waals surface area contributed by atoms with E-state index in [4.69, 9.17) is 0 Å². The molecule has 2 aliphatic rings. The van der Waals surface area contributed by atoms with E-state index in [1.807, 2.05) is 76.2 Å². The lowest BCUT2D eigenvalue weighted by Gasteiger charge is -2.41. The minimum atomic E-state index is -0.642. The Morgan fingerprint density at radius 3 is 2.29 bits per heavy atom. The maximum Gasteiger partial charge on any atom is 0.245 e. The van der Waals surface area contributed by atoms with Gasteiger partial charge in [0, 0.05) is 25.3 Å². The van der Waals surface area contributed by atoms with Gasteiger partial charge >= 0.3 is 0 Å². The second kappa shape index (κ2) is 13.6. The highest BCUT2D eigenvalue weighted by Gasteiger charge is 2.41. The number of likely N-dealkylation sites (N-methyl/N-ethyl adjacent to an activating group) is 2. The van der Waals surface area contributed by atoms with Gasteiger partial charge in [0.2, 0.25) is 17.7 Å². The number of hydrogen-bond donors (Lipinski definition) is 2. The van der Waals surface area contributed by atoms with Gasteiger partial charge in [-0.15, -0.1) is 0 Å². The van der Waals surface area contributed by atoms with Crippen molar-refractivity contribution in [2.75, 3.05) is 39.0 Å². The molecule has 2 aromatic carbocycles. The Kier molecular flexibility index (Phi) is 10.3. The monoisotopic (exact) mass is 577 g/mol. The molecule has 4 atom stereocenters. The van der Waals surface area contributed by atoms with Crippen molar-refractivity contribution in [2.24, 2.45) is 11.3 Å². The predicted octanol–water partition coefficient (Wildman–Crippen LogP) is 4.74. The largest absolute Gasteiger partial charge is 0.342 e. The Hall–Kier alpha value is -2.97. The maximum atomic E-state index is 14.1. The van der Waals surface area contributed by atoms with Gasteiger partial charge in [-0.3, -0.25) is 24.2 Å². The Labute approximate surface area is 252 Å².